The molecule has 0 bridgehead atoms. The molecule has 0 aromatic carbocycles. The average molecular weight is 259 g/mol. The van der Waals surface area contributed by atoms with Crippen molar-refractivity contribution in [2.24, 2.45) is 0 Å². The van der Waals surface area contributed by atoms with Gasteiger partial charge in [0.1, 0.15) is 5.01 Å². The number of thiazole rings is 1. The van der Waals surface area contributed by atoms with E-state index in [1.165, 1.54) is 37.1 Å². The van der Waals surface area contributed by atoms with Crippen molar-refractivity contribution in [3.63, 3.8) is 0 Å². The molecular formula is C12H19ClN2S. The van der Waals surface area contributed by atoms with E-state index in [-0.39, 0.29) is 0 Å². The summed E-state index contributed by atoms with van der Waals surface area (Å²) < 4.78 is 0. The van der Waals surface area contributed by atoms with E-state index in [1.54, 1.807) is 11.3 Å². The van der Waals surface area contributed by atoms with E-state index < -0.39 is 0 Å². The molecule has 0 spiro atoms. The minimum absolute atomic E-state index is 0.724. The van der Waals surface area contributed by atoms with E-state index in [0.29, 0.717) is 0 Å². The maximum Gasteiger partial charge on any atom is 0.107 e. The van der Waals surface area contributed by atoms with E-state index in [1.807, 2.05) is 6.20 Å². The van der Waals surface area contributed by atoms with Gasteiger partial charge in [-0.25, -0.2) is 4.98 Å². The highest BCUT2D eigenvalue weighted by atomic mass is 35.5. The Hall–Kier alpha value is -0.120. The maximum absolute atomic E-state index is 5.90. The lowest BCUT2D eigenvalue weighted by Gasteiger charge is -2.33. The van der Waals surface area contributed by atoms with Gasteiger partial charge in [-0.3, -0.25) is 4.90 Å². The summed E-state index contributed by atoms with van der Waals surface area (Å²) in [7, 11) is 0. The first kappa shape index (κ1) is 12.3. The second kappa shape index (κ2) is 6.58. The third-order valence-electron chi connectivity index (χ3n) is 3.28. The summed E-state index contributed by atoms with van der Waals surface area (Å²) in [5.74, 6) is 0.724. The molecule has 16 heavy (non-hydrogen) atoms. The molecule has 2 nitrogen and oxygen atoms in total. The van der Waals surface area contributed by atoms with Crippen LogP contribution in [-0.4, -0.2) is 28.4 Å². The third kappa shape index (κ3) is 3.44. The summed E-state index contributed by atoms with van der Waals surface area (Å²) in [6.07, 6.45) is 8.72. The molecule has 1 fully saturated rings. The molecule has 0 aliphatic heterocycles. The van der Waals surface area contributed by atoms with Crippen molar-refractivity contribution in [2.75, 3.05) is 12.4 Å². The van der Waals surface area contributed by atoms with Crippen molar-refractivity contribution in [2.45, 2.75) is 44.7 Å². The molecule has 0 unspecified atom stereocenters. The number of hydrogen-bond acceptors (Lipinski definition) is 3. The molecule has 0 amide bonds. The first-order valence-electron chi connectivity index (χ1n) is 6.08. The quantitative estimate of drug-likeness (QED) is 0.752. The number of alkyl halides is 1. The number of aromatic nitrogens is 1. The van der Waals surface area contributed by atoms with Crippen LogP contribution >= 0.6 is 22.9 Å². The van der Waals surface area contributed by atoms with Crippen LogP contribution in [0.15, 0.2) is 11.6 Å². The normalized spacial score (nSPS) is 18.1. The smallest absolute Gasteiger partial charge is 0.107 e. The van der Waals surface area contributed by atoms with Gasteiger partial charge < -0.3 is 0 Å². The SMILES string of the molecule is ClCCN(Cc1nccs1)C1CCCCC1. The summed E-state index contributed by atoms with van der Waals surface area (Å²) in [6.45, 7) is 1.97. The lowest BCUT2D eigenvalue weighted by atomic mass is 9.94. The molecule has 90 valence electrons. The molecule has 0 atom stereocenters. The van der Waals surface area contributed by atoms with Crippen LogP contribution in [0.4, 0.5) is 0 Å². The Morgan fingerprint density at radius 1 is 1.38 bits per heavy atom. The first-order valence-corrected chi connectivity index (χ1v) is 7.50. The molecule has 1 aliphatic carbocycles. The summed E-state index contributed by atoms with van der Waals surface area (Å²) in [6, 6.07) is 0.733. The number of halogens is 1. The summed E-state index contributed by atoms with van der Waals surface area (Å²) in [5, 5.41) is 3.27. The van der Waals surface area contributed by atoms with Crippen LogP contribution in [0.3, 0.4) is 0 Å². The van der Waals surface area contributed by atoms with E-state index in [9.17, 15) is 0 Å². The largest absolute Gasteiger partial charge is 0.293 e. The van der Waals surface area contributed by atoms with Crippen molar-refractivity contribution in [3.05, 3.63) is 16.6 Å². The van der Waals surface area contributed by atoms with E-state index >= 15 is 0 Å². The molecule has 1 saturated carbocycles. The van der Waals surface area contributed by atoms with Gasteiger partial charge in [-0.15, -0.1) is 22.9 Å². The monoisotopic (exact) mass is 258 g/mol. The summed E-state index contributed by atoms with van der Waals surface area (Å²) in [5.41, 5.74) is 0. The number of hydrogen-bond donors (Lipinski definition) is 0. The zero-order valence-electron chi connectivity index (χ0n) is 9.57. The third-order valence-corrected chi connectivity index (χ3v) is 4.22. The van der Waals surface area contributed by atoms with Gasteiger partial charge in [0.05, 0.1) is 6.54 Å². The zero-order valence-corrected chi connectivity index (χ0v) is 11.1. The molecule has 1 aromatic heterocycles. The Bertz CT molecular complexity index is 283. The standard InChI is InChI=1S/C12H19ClN2S/c13-6-8-15(10-12-14-7-9-16-12)11-4-2-1-3-5-11/h7,9,11H,1-6,8,10H2. The molecule has 4 heteroatoms. The Labute approximate surface area is 107 Å². The Kier molecular flexibility index (Phi) is 5.07. The molecule has 0 radical (unpaired) electrons. The lowest BCUT2D eigenvalue weighted by Crippen LogP contribution is -2.37. The van der Waals surface area contributed by atoms with Crippen LogP contribution in [0.2, 0.25) is 0 Å². The second-order valence-electron chi connectivity index (χ2n) is 4.38. The van der Waals surface area contributed by atoms with Crippen LogP contribution in [-0.2, 0) is 6.54 Å². The van der Waals surface area contributed by atoms with Gasteiger partial charge in [0.15, 0.2) is 0 Å². The molecule has 2 rings (SSSR count). The van der Waals surface area contributed by atoms with Crippen LogP contribution in [0.25, 0.3) is 0 Å². The molecule has 0 saturated heterocycles. The molecule has 1 heterocycles. The van der Waals surface area contributed by atoms with Crippen LogP contribution in [0.1, 0.15) is 37.1 Å². The van der Waals surface area contributed by atoms with Crippen LogP contribution in [0, 0.1) is 0 Å². The van der Waals surface area contributed by atoms with Gasteiger partial charge in [0.2, 0.25) is 0 Å². The fourth-order valence-electron chi connectivity index (χ4n) is 2.45. The van der Waals surface area contributed by atoms with Crippen molar-refractivity contribution in [3.8, 4) is 0 Å². The predicted molar refractivity (Wildman–Crippen MR) is 70.1 cm³/mol. The van der Waals surface area contributed by atoms with Crippen LogP contribution in [0.5, 0.6) is 0 Å². The molecular weight excluding hydrogens is 240 g/mol. The second-order valence-corrected chi connectivity index (χ2v) is 5.73. The highest BCUT2D eigenvalue weighted by Gasteiger charge is 2.21. The van der Waals surface area contributed by atoms with Gasteiger partial charge in [-0.1, -0.05) is 19.3 Å². The summed E-state index contributed by atoms with van der Waals surface area (Å²) in [4.78, 5) is 6.89. The van der Waals surface area contributed by atoms with Crippen molar-refractivity contribution in [1.82, 2.24) is 9.88 Å². The van der Waals surface area contributed by atoms with Gasteiger partial charge in [0.25, 0.3) is 0 Å². The van der Waals surface area contributed by atoms with E-state index in [4.69, 9.17) is 11.6 Å². The summed E-state index contributed by atoms with van der Waals surface area (Å²) >= 11 is 7.64. The van der Waals surface area contributed by atoms with Crippen molar-refractivity contribution in [1.29, 1.82) is 0 Å². The fraction of sp³-hybridized carbons (Fsp3) is 0.750. The highest BCUT2D eigenvalue weighted by molar-refractivity contribution is 7.09. The lowest BCUT2D eigenvalue weighted by molar-refractivity contribution is 0.157. The van der Waals surface area contributed by atoms with Crippen LogP contribution < -0.4 is 0 Å². The van der Waals surface area contributed by atoms with Crippen molar-refractivity contribution < 1.29 is 0 Å². The Morgan fingerprint density at radius 2 is 2.19 bits per heavy atom. The minimum Gasteiger partial charge on any atom is -0.293 e. The number of nitrogens with zero attached hydrogens (tertiary/aromatic N) is 2. The van der Waals surface area contributed by atoms with Gasteiger partial charge in [0, 0.05) is 30.0 Å². The Morgan fingerprint density at radius 3 is 2.81 bits per heavy atom. The molecule has 0 N–H and O–H groups in total. The Balaban J connectivity index is 1.92. The number of rotatable bonds is 5. The first-order chi connectivity index (χ1) is 7.90. The van der Waals surface area contributed by atoms with E-state index in [0.717, 1.165) is 25.0 Å². The topological polar surface area (TPSA) is 16.1 Å². The minimum atomic E-state index is 0.724. The predicted octanol–water partition coefficient (Wildman–Crippen LogP) is 3.52. The van der Waals surface area contributed by atoms with Gasteiger partial charge >= 0.3 is 0 Å². The molecule has 1 aliphatic rings. The highest BCUT2D eigenvalue weighted by Crippen LogP contribution is 2.24. The fourth-order valence-corrected chi connectivity index (χ4v) is 3.31. The maximum atomic E-state index is 5.90. The molecule has 1 aromatic rings. The van der Waals surface area contributed by atoms with Crippen molar-refractivity contribution >= 4 is 22.9 Å². The van der Waals surface area contributed by atoms with Gasteiger partial charge in [-0.2, -0.15) is 0 Å². The zero-order chi connectivity index (χ0) is 11.2. The average Bonchev–Trinajstić information content (AvgIpc) is 2.83. The van der Waals surface area contributed by atoms with Gasteiger partial charge in [-0.05, 0) is 12.8 Å². The van der Waals surface area contributed by atoms with E-state index in [2.05, 4.69) is 15.3 Å².